The fourth-order valence-corrected chi connectivity index (χ4v) is 4.29. The van der Waals surface area contributed by atoms with Crippen LogP contribution in [0.4, 0.5) is 0 Å². The molecule has 21 heavy (non-hydrogen) atoms. The van der Waals surface area contributed by atoms with E-state index >= 15 is 0 Å². The van der Waals surface area contributed by atoms with E-state index in [0.717, 1.165) is 17.9 Å². The molecule has 0 radical (unpaired) electrons. The van der Waals surface area contributed by atoms with Crippen LogP contribution in [-0.2, 0) is 0 Å². The van der Waals surface area contributed by atoms with Crippen LogP contribution in [0.3, 0.4) is 0 Å². The summed E-state index contributed by atoms with van der Waals surface area (Å²) in [4.78, 5) is 5.11. The van der Waals surface area contributed by atoms with Crippen molar-refractivity contribution in [1.82, 2.24) is 15.1 Å². The van der Waals surface area contributed by atoms with Crippen molar-refractivity contribution in [3.63, 3.8) is 0 Å². The van der Waals surface area contributed by atoms with Crippen LogP contribution >= 0.6 is 0 Å². The van der Waals surface area contributed by atoms with Gasteiger partial charge in [0.05, 0.1) is 0 Å². The van der Waals surface area contributed by atoms with E-state index in [2.05, 4.69) is 36.1 Å². The molecule has 124 valence electrons. The molecule has 3 atom stereocenters. The van der Waals surface area contributed by atoms with Gasteiger partial charge in [-0.15, -0.1) is 0 Å². The van der Waals surface area contributed by atoms with Gasteiger partial charge in [0.2, 0.25) is 0 Å². The van der Waals surface area contributed by atoms with Crippen LogP contribution in [0.2, 0.25) is 0 Å². The SMILES string of the molecule is CCCNC1CCCCCC1CN(C)CC1CCN(C)C1. The fourth-order valence-electron chi connectivity index (χ4n) is 4.29. The van der Waals surface area contributed by atoms with Crippen molar-refractivity contribution >= 4 is 0 Å². The molecule has 2 fully saturated rings. The van der Waals surface area contributed by atoms with E-state index in [-0.39, 0.29) is 0 Å². The van der Waals surface area contributed by atoms with Crippen molar-refractivity contribution in [3.05, 3.63) is 0 Å². The van der Waals surface area contributed by atoms with Gasteiger partial charge in [0, 0.05) is 25.7 Å². The highest BCUT2D eigenvalue weighted by molar-refractivity contribution is 4.83. The van der Waals surface area contributed by atoms with E-state index in [1.54, 1.807) is 0 Å². The van der Waals surface area contributed by atoms with Crippen LogP contribution in [0, 0.1) is 11.8 Å². The van der Waals surface area contributed by atoms with Gasteiger partial charge in [0.25, 0.3) is 0 Å². The number of nitrogens with zero attached hydrogens (tertiary/aromatic N) is 2. The predicted molar refractivity (Wildman–Crippen MR) is 91.8 cm³/mol. The van der Waals surface area contributed by atoms with Crippen molar-refractivity contribution in [1.29, 1.82) is 0 Å². The van der Waals surface area contributed by atoms with E-state index in [1.165, 1.54) is 77.7 Å². The second-order valence-electron chi connectivity index (χ2n) is 7.60. The van der Waals surface area contributed by atoms with Gasteiger partial charge < -0.3 is 15.1 Å². The second kappa shape index (κ2) is 9.12. The molecule has 0 bridgehead atoms. The topological polar surface area (TPSA) is 18.5 Å². The molecular weight excluding hydrogens is 258 g/mol. The second-order valence-corrected chi connectivity index (χ2v) is 7.60. The Morgan fingerprint density at radius 2 is 1.90 bits per heavy atom. The Balaban J connectivity index is 1.79. The molecule has 1 N–H and O–H groups in total. The molecule has 1 heterocycles. The van der Waals surface area contributed by atoms with Gasteiger partial charge in [0.15, 0.2) is 0 Å². The minimum absolute atomic E-state index is 0.765. The molecule has 0 aromatic carbocycles. The monoisotopic (exact) mass is 295 g/mol. The standard InChI is InChI=1S/C18H37N3/c1-4-11-19-18-9-7-5-6-8-17(18)15-21(3)14-16-10-12-20(2)13-16/h16-19H,4-15H2,1-3H3. The third-order valence-corrected chi connectivity index (χ3v) is 5.42. The molecule has 3 nitrogen and oxygen atoms in total. The number of nitrogens with one attached hydrogen (secondary N) is 1. The van der Waals surface area contributed by atoms with Crippen molar-refractivity contribution in [2.45, 2.75) is 57.9 Å². The van der Waals surface area contributed by atoms with E-state index in [9.17, 15) is 0 Å². The number of hydrogen-bond donors (Lipinski definition) is 1. The molecule has 2 rings (SSSR count). The summed E-state index contributed by atoms with van der Waals surface area (Å²) in [5.41, 5.74) is 0. The molecule has 0 spiro atoms. The summed E-state index contributed by atoms with van der Waals surface area (Å²) < 4.78 is 0. The summed E-state index contributed by atoms with van der Waals surface area (Å²) in [5.74, 6) is 1.76. The zero-order chi connectivity index (χ0) is 15.1. The molecule has 0 aromatic rings. The lowest BCUT2D eigenvalue weighted by atomic mass is 9.93. The molecule has 3 unspecified atom stereocenters. The van der Waals surface area contributed by atoms with Gasteiger partial charge in [-0.05, 0) is 64.7 Å². The smallest absolute Gasteiger partial charge is 0.0107 e. The Kier molecular flexibility index (Phi) is 7.48. The summed E-state index contributed by atoms with van der Waals surface area (Å²) in [7, 11) is 4.61. The highest BCUT2D eigenvalue weighted by Crippen LogP contribution is 2.25. The lowest BCUT2D eigenvalue weighted by molar-refractivity contribution is 0.201. The molecule has 1 aliphatic carbocycles. The molecule has 1 saturated heterocycles. The first-order valence-corrected chi connectivity index (χ1v) is 9.29. The van der Waals surface area contributed by atoms with Gasteiger partial charge in [-0.3, -0.25) is 0 Å². The first-order valence-electron chi connectivity index (χ1n) is 9.29. The molecular formula is C18H37N3. The van der Waals surface area contributed by atoms with E-state index in [0.29, 0.717) is 0 Å². The number of rotatable bonds is 7. The van der Waals surface area contributed by atoms with Crippen molar-refractivity contribution < 1.29 is 0 Å². The van der Waals surface area contributed by atoms with Gasteiger partial charge in [-0.2, -0.15) is 0 Å². The van der Waals surface area contributed by atoms with Gasteiger partial charge in [-0.25, -0.2) is 0 Å². The van der Waals surface area contributed by atoms with Crippen molar-refractivity contribution in [2.24, 2.45) is 11.8 Å². The minimum atomic E-state index is 0.765. The number of likely N-dealkylation sites (tertiary alicyclic amines) is 1. The summed E-state index contributed by atoms with van der Waals surface area (Å²) in [6, 6.07) is 0.765. The van der Waals surface area contributed by atoms with Crippen LogP contribution in [0.1, 0.15) is 51.9 Å². The minimum Gasteiger partial charge on any atom is -0.314 e. The predicted octanol–water partition coefficient (Wildman–Crippen LogP) is 2.82. The van der Waals surface area contributed by atoms with E-state index in [4.69, 9.17) is 0 Å². The Morgan fingerprint density at radius 1 is 1.10 bits per heavy atom. The van der Waals surface area contributed by atoms with E-state index in [1.807, 2.05) is 0 Å². The maximum atomic E-state index is 3.83. The third-order valence-electron chi connectivity index (χ3n) is 5.42. The first kappa shape index (κ1) is 17.2. The molecule has 3 heteroatoms. The van der Waals surface area contributed by atoms with Crippen molar-refractivity contribution in [3.8, 4) is 0 Å². The lowest BCUT2D eigenvalue weighted by Gasteiger charge is -2.31. The highest BCUT2D eigenvalue weighted by atomic mass is 15.2. The van der Waals surface area contributed by atoms with Crippen LogP contribution in [0.15, 0.2) is 0 Å². The molecule has 1 aliphatic heterocycles. The maximum absolute atomic E-state index is 3.83. The van der Waals surface area contributed by atoms with Crippen LogP contribution < -0.4 is 5.32 Å². The number of hydrogen-bond acceptors (Lipinski definition) is 3. The Morgan fingerprint density at radius 3 is 2.62 bits per heavy atom. The highest BCUT2D eigenvalue weighted by Gasteiger charge is 2.26. The van der Waals surface area contributed by atoms with E-state index < -0.39 is 0 Å². The summed E-state index contributed by atoms with van der Waals surface area (Å²) >= 11 is 0. The van der Waals surface area contributed by atoms with Crippen LogP contribution in [0.5, 0.6) is 0 Å². The zero-order valence-electron chi connectivity index (χ0n) is 14.6. The summed E-state index contributed by atoms with van der Waals surface area (Å²) in [6.07, 6.45) is 9.78. The first-order chi connectivity index (χ1) is 10.2. The third kappa shape index (κ3) is 5.88. The molecule has 0 aromatic heterocycles. The Labute approximate surface area is 132 Å². The Bertz CT molecular complexity index is 282. The average Bonchev–Trinajstić information content (AvgIpc) is 2.73. The van der Waals surface area contributed by atoms with Crippen LogP contribution in [-0.4, -0.2) is 62.7 Å². The average molecular weight is 296 g/mol. The quantitative estimate of drug-likeness (QED) is 0.729. The molecule has 0 amide bonds. The van der Waals surface area contributed by atoms with Crippen molar-refractivity contribution in [2.75, 3.05) is 46.8 Å². The molecule has 1 saturated carbocycles. The van der Waals surface area contributed by atoms with Gasteiger partial charge in [0.1, 0.15) is 0 Å². The lowest BCUT2D eigenvalue weighted by Crippen LogP contribution is -2.42. The molecule has 2 aliphatic rings. The van der Waals surface area contributed by atoms with Gasteiger partial charge >= 0.3 is 0 Å². The normalized spacial score (nSPS) is 31.7. The summed E-state index contributed by atoms with van der Waals surface area (Å²) in [5, 5.41) is 3.83. The zero-order valence-corrected chi connectivity index (χ0v) is 14.6. The fraction of sp³-hybridized carbons (Fsp3) is 1.00. The largest absolute Gasteiger partial charge is 0.314 e. The maximum Gasteiger partial charge on any atom is 0.0107 e. The Hall–Kier alpha value is -0.120. The summed E-state index contributed by atoms with van der Waals surface area (Å²) in [6.45, 7) is 8.65. The van der Waals surface area contributed by atoms with Crippen LogP contribution in [0.25, 0.3) is 0 Å². The van der Waals surface area contributed by atoms with Gasteiger partial charge in [-0.1, -0.05) is 26.2 Å².